The van der Waals surface area contributed by atoms with Crippen molar-refractivity contribution in [2.45, 2.75) is 38.0 Å². The van der Waals surface area contributed by atoms with E-state index in [0.717, 1.165) is 27.1 Å². The number of rotatable bonds is 6. The van der Waals surface area contributed by atoms with Crippen LogP contribution in [0.15, 0.2) is 12.1 Å². The van der Waals surface area contributed by atoms with Crippen molar-refractivity contribution in [3.05, 3.63) is 29.3 Å². The summed E-state index contributed by atoms with van der Waals surface area (Å²) in [4.78, 5) is 11.9. The molecule has 0 aliphatic carbocycles. The van der Waals surface area contributed by atoms with Gasteiger partial charge in [-0.15, -0.1) is 0 Å². The van der Waals surface area contributed by atoms with Gasteiger partial charge in [0.2, 0.25) is 11.7 Å². The van der Waals surface area contributed by atoms with Gasteiger partial charge in [-0.2, -0.15) is 17.6 Å². The normalized spacial score (nSPS) is 16.6. The molecule has 1 rings (SSSR count). The van der Waals surface area contributed by atoms with E-state index in [-0.39, 0.29) is 10.6 Å². The summed E-state index contributed by atoms with van der Waals surface area (Å²) in [5.74, 6) is -7.47. The van der Waals surface area contributed by atoms with Crippen LogP contribution < -0.4 is 4.74 Å². The Kier molecular flexibility index (Phi) is 6.59. The number of hydroxylamine groups is 2. The van der Waals surface area contributed by atoms with Crippen molar-refractivity contribution in [1.82, 2.24) is 5.06 Å². The molecular formula is C16H20F5NO4. The number of amides is 1. The molecule has 1 aromatic rings. The van der Waals surface area contributed by atoms with Gasteiger partial charge < -0.3 is 9.84 Å². The molecule has 0 saturated heterocycles. The Morgan fingerprint density at radius 3 is 2.27 bits per heavy atom. The number of ether oxygens (including phenoxy) is 1. The van der Waals surface area contributed by atoms with Crippen molar-refractivity contribution in [2.75, 3.05) is 14.2 Å². The highest BCUT2D eigenvalue weighted by molar-refractivity contribution is 5.76. The first-order chi connectivity index (χ1) is 11.8. The third-order valence-corrected chi connectivity index (χ3v) is 4.50. The fourth-order valence-corrected chi connectivity index (χ4v) is 2.57. The van der Waals surface area contributed by atoms with E-state index >= 15 is 0 Å². The lowest BCUT2D eigenvalue weighted by atomic mass is 9.74. The van der Waals surface area contributed by atoms with Crippen LogP contribution in [-0.4, -0.2) is 47.2 Å². The molecule has 0 aliphatic heterocycles. The molecule has 26 heavy (non-hydrogen) atoms. The largest absolute Gasteiger partial charge is 0.493 e. The van der Waals surface area contributed by atoms with E-state index in [0.29, 0.717) is 13.0 Å². The Bertz CT molecular complexity index is 661. The van der Waals surface area contributed by atoms with E-state index in [1.807, 2.05) is 0 Å². The standard InChI is InChI=1S/C16H20F5NO4/c1-8(15(2,24)16(19,20)21)10(7-12(23)22(3)25)9-5-6-11(17)13(18)14(9)26-4/h5-6,8,10,24-25H,7H2,1-4H3/t8?,10?,15-/m1/s1. The maximum atomic E-state index is 14.0. The van der Waals surface area contributed by atoms with E-state index in [4.69, 9.17) is 4.74 Å². The lowest BCUT2D eigenvalue weighted by molar-refractivity contribution is -0.272. The van der Waals surface area contributed by atoms with Crippen LogP contribution in [0, 0.1) is 17.6 Å². The monoisotopic (exact) mass is 385 g/mol. The van der Waals surface area contributed by atoms with Crippen LogP contribution in [0.1, 0.15) is 31.7 Å². The van der Waals surface area contributed by atoms with Crippen LogP contribution in [0.3, 0.4) is 0 Å². The van der Waals surface area contributed by atoms with Crippen molar-refractivity contribution in [3.8, 4) is 5.75 Å². The van der Waals surface area contributed by atoms with Gasteiger partial charge >= 0.3 is 6.18 Å². The van der Waals surface area contributed by atoms with Gasteiger partial charge in [0.25, 0.3) is 0 Å². The molecule has 0 bridgehead atoms. The quantitative estimate of drug-likeness (QED) is 0.448. The number of hydrogen-bond acceptors (Lipinski definition) is 4. The summed E-state index contributed by atoms with van der Waals surface area (Å²) in [6.45, 7) is 1.54. The highest BCUT2D eigenvalue weighted by Crippen LogP contribution is 2.46. The second kappa shape index (κ2) is 7.75. The summed E-state index contributed by atoms with van der Waals surface area (Å²) < 4.78 is 71.8. The van der Waals surface area contributed by atoms with Crippen molar-refractivity contribution >= 4 is 5.91 Å². The fourth-order valence-electron chi connectivity index (χ4n) is 2.57. The van der Waals surface area contributed by atoms with Gasteiger partial charge in [-0.05, 0) is 13.0 Å². The van der Waals surface area contributed by atoms with Crippen LogP contribution in [0.25, 0.3) is 0 Å². The Hall–Kier alpha value is -1.94. The highest BCUT2D eigenvalue weighted by atomic mass is 19.4. The molecule has 5 nitrogen and oxygen atoms in total. The van der Waals surface area contributed by atoms with E-state index in [2.05, 4.69) is 0 Å². The number of benzene rings is 1. The minimum absolute atomic E-state index is 0.161. The fraction of sp³-hybridized carbons (Fsp3) is 0.562. The molecule has 0 saturated carbocycles. The molecule has 0 heterocycles. The number of methoxy groups -OCH3 is 1. The van der Waals surface area contributed by atoms with Crippen molar-refractivity contribution < 1.29 is 41.8 Å². The summed E-state index contributed by atoms with van der Waals surface area (Å²) in [6, 6.07) is 1.66. The minimum atomic E-state index is -5.05. The van der Waals surface area contributed by atoms with E-state index in [1.165, 1.54) is 0 Å². The number of alkyl halides is 3. The molecule has 0 aromatic heterocycles. The van der Waals surface area contributed by atoms with Gasteiger partial charge in [0.1, 0.15) is 0 Å². The minimum Gasteiger partial charge on any atom is -0.493 e. The highest BCUT2D eigenvalue weighted by Gasteiger charge is 2.55. The summed E-state index contributed by atoms with van der Waals surface area (Å²) in [5, 5.41) is 19.4. The van der Waals surface area contributed by atoms with Crippen molar-refractivity contribution in [3.63, 3.8) is 0 Å². The lowest BCUT2D eigenvalue weighted by Crippen LogP contribution is -2.50. The maximum Gasteiger partial charge on any atom is 0.417 e. The Labute approximate surface area is 146 Å². The Balaban J connectivity index is 3.53. The molecule has 2 N–H and O–H groups in total. The topological polar surface area (TPSA) is 70.0 Å². The molecule has 0 radical (unpaired) electrons. The summed E-state index contributed by atoms with van der Waals surface area (Å²) in [5.41, 5.74) is -3.49. The van der Waals surface area contributed by atoms with Gasteiger partial charge in [-0.3, -0.25) is 10.0 Å². The van der Waals surface area contributed by atoms with Crippen LogP contribution in [-0.2, 0) is 4.79 Å². The lowest BCUT2D eigenvalue weighted by Gasteiger charge is -2.37. The first-order valence-corrected chi connectivity index (χ1v) is 7.52. The predicted molar refractivity (Wildman–Crippen MR) is 80.7 cm³/mol. The smallest absolute Gasteiger partial charge is 0.417 e. The van der Waals surface area contributed by atoms with E-state index < -0.39 is 53.3 Å². The number of carbonyl (C=O) groups excluding carboxylic acids is 1. The predicted octanol–water partition coefficient (Wildman–Crippen LogP) is 3.24. The summed E-state index contributed by atoms with van der Waals surface area (Å²) >= 11 is 0. The van der Waals surface area contributed by atoms with Gasteiger partial charge in [-0.1, -0.05) is 13.0 Å². The number of aliphatic hydroxyl groups is 1. The molecule has 3 atom stereocenters. The molecule has 1 amide bonds. The SMILES string of the molecule is COc1c(C(CC(=O)N(C)O)C(C)[C@@](C)(O)C(F)(F)F)ccc(F)c1F. The number of halogens is 5. The first kappa shape index (κ1) is 22.1. The number of carbonyl (C=O) groups is 1. The average Bonchev–Trinajstić information content (AvgIpc) is 2.53. The third-order valence-electron chi connectivity index (χ3n) is 4.50. The van der Waals surface area contributed by atoms with Crippen molar-refractivity contribution in [2.24, 2.45) is 5.92 Å². The van der Waals surface area contributed by atoms with Crippen LogP contribution in [0.4, 0.5) is 22.0 Å². The van der Waals surface area contributed by atoms with Gasteiger partial charge in [-0.25, -0.2) is 9.45 Å². The summed E-state index contributed by atoms with van der Waals surface area (Å²) in [6.07, 6.45) is -5.76. The number of hydrogen-bond donors (Lipinski definition) is 2. The molecule has 2 unspecified atom stereocenters. The maximum absolute atomic E-state index is 14.0. The van der Waals surface area contributed by atoms with Crippen LogP contribution in [0.5, 0.6) is 5.75 Å². The second-order valence-electron chi connectivity index (χ2n) is 6.15. The van der Waals surface area contributed by atoms with Gasteiger partial charge in [0.05, 0.1) is 7.11 Å². The second-order valence-corrected chi connectivity index (χ2v) is 6.15. The molecule has 0 spiro atoms. The van der Waals surface area contributed by atoms with Gasteiger partial charge in [0, 0.05) is 30.9 Å². The third kappa shape index (κ3) is 4.24. The molecule has 1 aromatic carbocycles. The molecule has 0 fully saturated rings. The van der Waals surface area contributed by atoms with E-state index in [1.54, 1.807) is 0 Å². The van der Waals surface area contributed by atoms with Crippen LogP contribution in [0.2, 0.25) is 0 Å². The number of nitrogens with zero attached hydrogens (tertiary/aromatic N) is 1. The first-order valence-electron chi connectivity index (χ1n) is 7.52. The van der Waals surface area contributed by atoms with E-state index in [9.17, 15) is 37.1 Å². The Morgan fingerprint density at radius 2 is 1.85 bits per heavy atom. The molecular weight excluding hydrogens is 365 g/mol. The van der Waals surface area contributed by atoms with Crippen molar-refractivity contribution in [1.29, 1.82) is 0 Å². The molecule has 10 heteroatoms. The average molecular weight is 385 g/mol. The zero-order chi connectivity index (χ0) is 20.4. The summed E-state index contributed by atoms with van der Waals surface area (Å²) in [7, 11) is 1.96. The zero-order valence-corrected chi connectivity index (χ0v) is 14.6. The van der Waals surface area contributed by atoms with Gasteiger partial charge in [0.15, 0.2) is 17.2 Å². The Morgan fingerprint density at radius 1 is 1.31 bits per heavy atom. The van der Waals surface area contributed by atoms with Crippen LogP contribution >= 0.6 is 0 Å². The molecule has 0 aliphatic rings. The molecule has 148 valence electrons. The zero-order valence-electron chi connectivity index (χ0n) is 14.6.